The number of aromatic nitrogens is 1. The van der Waals surface area contributed by atoms with Gasteiger partial charge < -0.3 is 9.47 Å². The van der Waals surface area contributed by atoms with Crippen LogP contribution in [-0.2, 0) is 4.79 Å². The van der Waals surface area contributed by atoms with Crippen molar-refractivity contribution >= 4 is 17.8 Å². The summed E-state index contributed by atoms with van der Waals surface area (Å²) in [6.07, 6.45) is 1.40. The number of hydrogen-bond donors (Lipinski definition) is 1. The highest BCUT2D eigenvalue weighted by Crippen LogP contribution is 2.22. The summed E-state index contributed by atoms with van der Waals surface area (Å²) in [5, 5.41) is 12.4. The molecule has 24 heavy (non-hydrogen) atoms. The maximum atomic E-state index is 11.2. The maximum Gasteiger partial charge on any atom is 0.254 e. The van der Waals surface area contributed by atoms with Crippen LogP contribution in [-0.4, -0.2) is 30.8 Å². The molecule has 2 aromatic rings. The first-order chi connectivity index (χ1) is 11.4. The fraction of sp³-hybridized carbons (Fsp3) is 0.278. The minimum Gasteiger partial charge on any atom is -0.378 e. The van der Waals surface area contributed by atoms with E-state index in [0.29, 0.717) is 0 Å². The molecule has 0 atom stereocenters. The molecule has 0 aliphatic carbocycles. The molecule has 0 spiro atoms. The molecule has 0 radical (unpaired) electrons. The summed E-state index contributed by atoms with van der Waals surface area (Å²) in [5.74, 6) is -0.415. The number of benzene rings is 1. The van der Waals surface area contributed by atoms with Gasteiger partial charge in [0.1, 0.15) is 6.42 Å². The fourth-order valence-corrected chi connectivity index (χ4v) is 2.50. The Morgan fingerprint density at radius 2 is 2.00 bits per heavy atom. The van der Waals surface area contributed by atoms with E-state index in [9.17, 15) is 4.79 Å². The largest absolute Gasteiger partial charge is 0.378 e. The molecule has 0 aliphatic rings. The molecule has 1 heterocycles. The third kappa shape index (κ3) is 3.82. The Morgan fingerprint density at radius 1 is 1.33 bits per heavy atom. The van der Waals surface area contributed by atoms with Gasteiger partial charge in [0, 0.05) is 42.4 Å². The molecular weight excluding hydrogens is 302 g/mol. The molecule has 6 heteroatoms. The van der Waals surface area contributed by atoms with E-state index in [-0.39, 0.29) is 6.42 Å². The van der Waals surface area contributed by atoms with E-state index in [4.69, 9.17) is 5.26 Å². The molecule has 1 aromatic carbocycles. The van der Waals surface area contributed by atoms with Crippen molar-refractivity contribution in [2.45, 2.75) is 20.3 Å². The lowest BCUT2D eigenvalue weighted by Gasteiger charge is -2.14. The number of nitrogens with zero attached hydrogens (tertiary/aromatic N) is 4. The summed E-state index contributed by atoms with van der Waals surface area (Å²) in [5.41, 5.74) is 7.58. The van der Waals surface area contributed by atoms with Crippen LogP contribution in [0, 0.1) is 25.2 Å². The van der Waals surface area contributed by atoms with Crippen molar-refractivity contribution in [3.05, 3.63) is 47.3 Å². The monoisotopic (exact) mass is 323 g/mol. The molecule has 0 unspecified atom stereocenters. The molecule has 2 rings (SSSR count). The average Bonchev–Trinajstić information content (AvgIpc) is 2.82. The first-order valence-corrected chi connectivity index (χ1v) is 7.59. The van der Waals surface area contributed by atoms with Gasteiger partial charge in [-0.15, -0.1) is 0 Å². The molecule has 6 nitrogen and oxygen atoms in total. The van der Waals surface area contributed by atoms with E-state index >= 15 is 0 Å². The summed E-state index contributed by atoms with van der Waals surface area (Å²) < 4.78 is 2.14. The lowest BCUT2D eigenvalue weighted by atomic mass is 10.2. The van der Waals surface area contributed by atoms with E-state index in [1.54, 1.807) is 12.3 Å². The van der Waals surface area contributed by atoms with E-state index in [1.807, 2.05) is 34.0 Å². The van der Waals surface area contributed by atoms with E-state index in [1.165, 1.54) is 0 Å². The van der Waals surface area contributed by atoms with Crippen molar-refractivity contribution in [2.75, 3.05) is 19.0 Å². The van der Waals surface area contributed by atoms with Crippen LogP contribution in [0.15, 0.2) is 35.4 Å². The highest BCUT2D eigenvalue weighted by Gasteiger charge is 2.09. The van der Waals surface area contributed by atoms with E-state index < -0.39 is 5.91 Å². The number of carbonyl (C=O) groups is 1. The van der Waals surface area contributed by atoms with Crippen LogP contribution in [0.1, 0.15) is 23.4 Å². The zero-order valence-electron chi connectivity index (χ0n) is 14.4. The van der Waals surface area contributed by atoms with Crippen LogP contribution in [0.4, 0.5) is 5.69 Å². The predicted molar refractivity (Wildman–Crippen MR) is 95.5 cm³/mol. The molecular formula is C18H21N5O. The number of nitriles is 1. The van der Waals surface area contributed by atoms with Gasteiger partial charge in [-0.3, -0.25) is 4.79 Å². The molecule has 0 saturated heterocycles. The van der Waals surface area contributed by atoms with Crippen molar-refractivity contribution < 1.29 is 4.79 Å². The van der Waals surface area contributed by atoms with Gasteiger partial charge in [0.2, 0.25) is 0 Å². The van der Waals surface area contributed by atoms with Crippen LogP contribution in [0.3, 0.4) is 0 Å². The summed E-state index contributed by atoms with van der Waals surface area (Å²) >= 11 is 0. The fourth-order valence-electron chi connectivity index (χ4n) is 2.50. The van der Waals surface area contributed by atoms with Gasteiger partial charge in [0.15, 0.2) is 0 Å². The second-order valence-electron chi connectivity index (χ2n) is 5.70. The normalized spacial score (nSPS) is 10.6. The minimum atomic E-state index is -0.415. The van der Waals surface area contributed by atoms with Crippen LogP contribution < -0.4 is 10.3 Å². The average molecular weight is 323 g/mol. The van der Waals surface area contributed by atoms with Crippen molar-refractivity contribution in [3.63, 3.8) is 0 Å². The Hall–Kier alpha value is -3.07. The minimum absolute atomic E-state index is 0.200. The van der Waals surface area contributed by atoms with E-state index in [2.05, 4.69) is 44.3 Å². The summed E-state index contributed by atoms with van der Waals surface area (Å²) in [4.78, 5) is 13.3. The van der Waals surface area contributed by atoms with Crippen LogP contribution >= 0.6 is 0 Å². The summed E-state index contributed by atoms with van der Waals surface area (Å²) in [6.45, 7) is 4.03. The van der Waals surface area contributed by atoms with Crippen LogP contribution in [0.2, 0.25) is 0 Å². The van der Waals surface area contributed by atoms with Gasteiger partial charge in [0.25, 0.3) is 5.91 Å². The number of nitrogens with one attached hydrogen (secondary N) is 1. The molecule has 0 aliphatic heterocycles. The second kappa shape index (κ2) is 7.47. The number of carbonyl (C=O) groups excluding carboxylic acids is 1. The quantitative estimate of drug-likeness (QED) is 0.679. The predicted octanol–water partition coefficient (Wildman–Crippen LogP) is 2.52. The van der Waals surface area contributed by atoms with Crippen LogP contribution in [0.25, 0.3) is 5.69 Å². The summed E-state index contributed by atoms with van der Waals surface area (Å²) in [7, 11) is 4.02. The highest BCUT2D eigenvalue weighted by atomic mass is 16.2. The Labute approximate surface area is 142 Å². The molecule has 0 saturated carbocycles. The van der Waals surface area contributed by atoms with Crippen molar-refractivity contribution in [1.82, 2.24) is 9.99 Å². The first kappa shape index (κ1) is 17.3. The van der Waals surface area contributed by atoms with Crippen LogP contribution in [0.5, 0.6) is 0 Å². The van der Waals surface area contributed by atoms with Gasteiger partial charge in [-0.05, 0) is 44.2 Å². The zero-order chi connectivity index (χ0) is 17.7. The van der Waals surface area contributed by atoms with Crippen molar-refractivity contribution in [3.8, 4) is 11.8 Å². The maximum absolute atomic E-state index is 11.2. The molecule has 124 valence electrons. The highest BCUT2D eigenvalue weighted by molar-refractivity contribution is 5.84. The van der Waals surface area contributed by atoms with Gasteiger partial charge in [0.05, 0.1) is 12.3 Å². The number of rotatable bonds is 5. The van der Waals surface area contributed by atoms with Gasteiger partial charge in [-0.25, -0.2) is 5.43 Å². The number of hydrogen-bond acceptors (Lipinski definition) is 4. The lowest BCUT2D eigenvalue weighted by Crippen LogP contribution is -2.16. The Bertz CT molecular complexity index is 794. The molecule has 0 fully saturated rings. The van der Waals surface area contributed by atoms with E-state index in [0.717, 1.165) is 28.3 Å². The third-order valence-corrected chi connectivity index (χ3v) is 3.73. The van der Waals surface area contributed by atoms with Gasteiger partial charge in [-0.2, -0.15) is 10.4 Å². The number of amides is 1. The summed E-state index contributed by atoms with van der Waals surface area (Å²) in [6, 6.07) is 12.1. The Balaban J connectivity index is 2.24. The number of aryl methyl sites for hydroxylation is 1. The molecule has 1 N–H and O–H groups in total. The SMILES string of the molecule is Cc1cc(/C=N\NC(=O)CC#N)c(C)n1-c1ccc(N(C)C)cc1. The first-order valence-electron chi connectivity index (χ1n) is 7.59. The van der Waals surface area contributed by atoms with Gasteiger partial charge in [-0.1, -0.05) is 0 Å². The zero-order valence-corrected chi connectivity index (χ0v) is 14.4. The number of anilines is 1. The molecule has 0 bridgehead atoms. The lowest BCUT2D eigenvalue weighted by molar-refractivity contribution is -0.120. The molecule has 1 aromatic heterocycles. The Morgan fingerprint density at radius 3 is 2.58 bits per heavy atom. The molecule has 1 amide bonds. The van der Waals surface area contributed by atoms with Crippen molar-refractivity contribution in [1.29, 1.82) is 5.26 Å². The third-order valence-electron chi connectivity index (χ3n) is 3.73. The second-order valence-corrected chi connectivity index (χ2v) is 5.70. The number of hydrazone groups is 1. The smallest absolute Gasteiger partial charge is 0.254 e. The van der Waals surface area contributed by atoms with Crippen molar-refractivity contribution in [2.24, 2.45) is 5.10 Å². The Kier molecular flexibility index (Phi) is 5.38. The van der Waals surface area contributed by atoms with Gasteiger partial charge >= 0.3 is 0 Å². The standard InChI is InChI=1S/C18H21N5O/c1-13-11-15(12-20-21-18(24)9-10-19)14(2)23(13)17-7-5-16(6-8-17)22(3)4/h5-8,11-12H,9H2,1-4H3,(H,21,24)/b20-12-. The topological polar surface area (TPSA) is 73.4 Å².